The van der Waals surface area contributed by atoms with Crippen LogP contribution in [0.1, 0.15) is 34.7 Å². The lowest BCUT2D eigenvalue weighted by atomic mass is 10.2. The van der Waals surface area contributed by atoms with E-state index in [-0.39, 0.29) is 11.9 Å². The van der Waals surface area contributed by atoms with E-state index in [1.807, 2.05) is 54.2 Å². The molecule has 0 saturated heterocycles. The molecule has 0 aliphatic carbocycles. The minimum absolute atomic E-state index is 0.177. The second-order valence-electron chi connectivity index (χ2n) is 5.70. The standard InChI is InChI=1S/C17H16N6OS/c1-11(14-10-22-7-8-25-17(22)21-14)20-16(24)13-9-19-23(12(13)2)15-5-3-4-6-18-15/h3-11H,1-2H3,(H,20,24)/t11-/m1/s1. The maximum absolute atomic E-state index is 12.6. The molecule has 25 heavy (non-hydrogen) atoms. The molecular weight excluding hydrogens is 336 g/mol. The number of amides is 1. The Hall–Kier alpha value is -3.00. The van der Waals surface area contributed by atoms with Crippen molar-refractivity contribution in [3.8, 4) is 5.82 Å². The number of carbonyl (C=O) groups excluding carboxylic acids is 1. The summed E-state index contributed by atoms with van der Waals surface area (Å²) in [7, 11) is 0. The zero-order valence-corrected chi connectivity index (χ0v) is 14.6. The summed E-state index contributed by atoms with van der Waals surface area (Å²) in [5.74, 6) is 0.505. The van der Waals surface area contributed by atoms with Gasteiger partial charge in [0.2, 0.25) is 0 Å². The first-order valence-electron chi connectivity index (χ1n) is 7.82. The number of rotatable bonds is 4. The Bertz CT molecular complexity index is 1000. The lowest BCUT2D eigenvalue weighted by Gasteiger charge is -2.11. The fourth-order valence-electron chi connectivity index (χ4n) is 2.65. The maximum Gasteiger partial charge on any atom is 0.255 e. The molecule has 0 spiro atoms. The molecule has 8 heteroatoms. The van der Waals surface area contributed by atoms with Crippen LogP contribution in [0.3, 0.4) is 0 Å². The van der Waals surface area contributed by atoms with Gasteiger partial charge in [-0.25, -0.2) is 14.6 Å². The molecule has 0 aliphatic rings. The van der Waals surface area contributed by atoms with E-state index >= 15 is 0 Å². The van der Waals surface area contributed by atoms with Crippen molar-refractivity contribution in [1.29, 1.82) is 0 Å². The Morgan fingerprint density at radius 3 is 3.00 bits per heavy atom. The number of nitrogens with zero attached hydrogens (tertiary/aromatic N) is 5. The highest BCUT2D eigenvalue weighted by Gasteiger charge is 2.19. The Morgan fingerprint density at radius 2 is 2.24 bits per heavy atom. The molecule has 4 aromatic heterocycles. The number of aromatic nitrogens is 5. The highest BCUT2D eigenvalue weighted by molar-refractivity contribution is 7.15. The van der Waals surface area contributed by atoms with Gasteiger partial charge in [0, 0.05) is 24.0 Å². The van der Waals surface area contributed by atoms with E-state index in [4.69, 9.17) is 0 Å². The van der Waals surface area contributed by atoms with Crippen LogP contribution in [0, 0.1) is 6.92 Å². The van der Waals surface area contributed by atoms with Crippen molar-refractivity contribution < 1.29 is 4.79 Å². The van der Waals surface area contributed by atoms with Gasteiger partial charge in [-0.15, -0.1) is 11.3 Å². The normalized spacial score (nSPS) is 12.4. The zero-order chi connectivity index (χ0) is 17.4. The average molecular weight is 352 g/mol. The molecule has 1 N–H and O–H groups in total. The number of hydrogen-bond donors (Lipinski definition) is 1. The molecular formula is C17H16N6OS. The summed E-state index contributed by atoms with van der Waals surface area (Å²) in [4.78, 5) is 22.3. The molecule has 4 aromatic rings. The minimum atomic E-state index is -0.197. The predicted octanol–water partition coefficient (Wildman–Crippen LogP) is 2.78. The van der Waals surface area contributed by atoms with Crippen LogP contribution in [0.4, 0.5) is 0 Å². The summed E-state index contributed by atoms with van der Waals surface area (Å²) >= 11 is 1.56. The van der Waals surface area contributed by atoms with Crippen molar-refractivity contribution >= 4 is 22.2 Å². The molecule has 0 aliphatic heterocycles. The highest BCUT2D eigenvalue weighted by Crippen LogP contribution is 2.18. The van der Waals surface area contributed by atoms with Crippen LogP contribution in [0.2, 0.25) is 0 Å². The first kappa shape index (κ1) is 15.5. The van der Waals surface area contributed by atoms with Crippen molar-refractivity contribution in [2.24, 2.45) is 0 Å². The van der Waals surface area contributed by atoms with Crippen molar-refractivity contribution in [3.05, 3.63) is 65.3 Å². The van der Waals surface area contributed by atoms with Crippen LogP contribution in [0.5, 0.6) is 0 Å². The van der Waals surface area contributed by atoms with E-state index in [2.05, 4.69) is 20.4 Å². The maximum atomic E-state index is 12.6. The van der Waals surface area contributed by atoms with Gasteiger partial charge in [0.25, 0.3) is 5.91 Å². The van der Waals surface area contributed by atoms with Crippen molar-refractivity contribution in [1.82, 2.24) is 29.5 Å². The highest BCUT2D eigenvalue weighted by atomic mass is 32.1. The first-order chi connectivity index (χ1) is 12.1. The van der Waals surface area contributed by atoms with Crippen molar-refractivity contribution in [3.63, 3.8) is 0 Å². The summed E-state index contributed by atoms with van der Waals surface area (Å²) in [6.07, 6.45) is 7.15. The van der Waals surface area contributed by atoms with Gasteiger partial charge in [0.05, 0.1) is 29.2 Å². The molecule has 7 nitrogen and oxygen atoms in total. The largest absolute Gasteiger partial charge is 0.344 e. The Morgan fingerprint density at radius 1 is 1.36 bits per heavy atom. The third kappa shape index (κ3) is 2.80. The molecule has 126 valence electrons. The van der Waals surface area contributed by atoms with Crippen LogP contribution in [-0.2, 0) is 0 Å². The second kappa shape index (κ2) is 6.14. The van der Waals surface area contributed by atoms with E-state index in [0.29, 0.717) is 11.4 Å². The van der Waals surface area contributed by atoms with E-state index in [0.717, 1.165) is 16.3 Å². The molecule has 1 atom stereocenters. The van der Waals surface area contributed by atoms with E-state index in [9.17, 15) is 4.79 Å². The molecule has 1 amide bonds. The summed E-state index contributed by atoms with van der Waals surface area (Å²) in [6, 6.07) is 5.38. The number of fused-ring (bicyclic) bond motifs is 1. The molecule has 0 unspecified atom stereocenters. The van der Waals surface area contributed by atoms with E-state index in [1.54, 1.807) is 28.4 Å². The molecule has 4 heterocycles. The monoisotopic (exact) mass is 352 g/mol. The number of thiazole rings is 1. The van der Waals surface area contributed by atoms with Gasteiger partial charge in [-0.1, -0.05) is 6.07 Å². The number of hydrogen-bond acceptors (Lipinski definition) is 5. The molecule has 0 aromatic carbocycles. The quantitative estimate of drug-likeness (QED) is 0.613. The predicted molar refractivity (Wildman–Crippen MR) is 95.0 cm³/mol. The fraction of sp³-hybridized carbons (Fsp3) is 0.176. The number of carbonyl (C=O) groups is 1. The molecule has 4 rings (SSSR count). The Balaban J connectivity index is 1.55. The Labute approximate surface area is 148 Å². The SMILES string of the molecule is Cc1c(C(=O)N[C@H](C)c2cn3ccsc3n2)cnn1-c1ccccn1. The lowest BCUT2D eigenvalue weighted by Crippen LogP contribution is -2.27. The van der Waals surface area contributed by atoms with Gasteiger partial charge in [0.15, 0.2) is 10.8 Å². The van der Waals surface area contributed by atoms with E-state index in [1.165, 1.54) is 0 Å². The smallest absolute Gasteiger partial charge is 0.255 e. The summed E-state index contributed by atoms with van der Waals surface area (Å²) in [5, 5.41) is 9.25. The zero-order valence-electron chi connectivity index (χ0n) is 13.7. The van der Waals surface area contributed by atoms with Gasteiger partial charge >= 0.3 is 0 Å². The van der Waals surface area contributed by atoms with Crippen LogP contribution in [0.15, 0.2) is 48.4 Å². The average Bonchev–Trinajstić information content (AvgIpc) is 3.29. The molecule has 0 bridgehead atoms. The topological polar surface area (TPSA) is 77.1 Å². The van der Waals surface area contributed by atoms with E-state index < -0.39 is 0 Å². The van der Waals surface area contributed by atoms with Gasteiger partial charge in [-0.3, -0.25) is 9.20 Å². The number of imidazole rings is 1. The number of pyridine rings is 1. The van der Waals surface area contributed by atoms with Gasteiger partial charge in [-0.05, 0) is 26.0 Å². The Kier molecular flexibility index (Phi) is 3.81. The van der Waals surface area contributed by atoms with Crippen LogP contribution < -0.4 is 5.32 Å². The van der Waals surface area contributed by atoms with Crippen LogP contribution in [-0.4, -0.2) is 30.1 Å². The second-order valence-corrected chi connectivity index (χ2v) is 6.57. The fourth-order valence-corrected chi connectivity index (χ4v) is 3.35. The molecule has 0 fully saturated rings. The summed E-state index contributed by atoms with van der Waals surface area (Å²) in [6.45, 7) is 3.77. The summed E-state index contributed by atoms with van der Waals surface area (Å²) < 4.78 is 3.61. The summed E-state index contributed by atoms with van der Waals surface area (Å²) in [5.41, 5.74) is 2.10. The third-order valence-electron chi connectivity index (χ3n) is 4.02. The number of nitrogens with one attached hydrogen (secondary N) is 1. The van der Waals surface area contributed by atoms with Gasteiger partial charge in [0.1, 0.15) is 0 Å². The van der Waals surface area contributed by atoms with Crippen LogP contribution >= 0.6 is 11.3 Å². The molecule has 0 radical (unpaired) electrons. The van der Waals surface area contributed by atoms with Crippen LogP contribution in [0.25, 0.3) is 10.8 Å². The van der Waals surface area contributed by atoms with Gasteiger partial charge in [-0.2, -0.15) is 5.10 Å². The van der Waals surface area contributed by atoms with Crippen molar-refractivity contribution in [2.75, 3.05) is 0 Å². The lowest BCUT2D eigenvalue weighted by molar-refractivity contribution is 0.0938. The third-order valence-corrected chi connectivity index (χ3v) is 4.79. The first-order valence-corrected chi connectivity index (χ1v) is 8.70. The molecule has 0 saturated carbocycles. The van der Waals surface area contributed by atoms with Crippen molar-refractivity contribution in [2.45, 2.75) is 19.9 Å². The minimum Gasteiger partial charge on any atom is -0.344 e. The van der Waals surface area contributed by atoms with Gasteiger partial charge < -0.3 is 5.32 Å².